The Balaban J connectivity index is 0.00000176. The highest BCUT2D eigenvalue weighted by Gasteiger charge is 2.25. The minimum atomic E-state index is -0.115. The van der Waals surface area contributed by atoms with Gasteiger partial charge in [0.05, 0.1) is 17.2 Å². The predicted octanol–water partition coefficient (Wildman–Crippen LogP) is 1.61. The number of carbonyl (C=O) groups excluding carboxylic acids is 1. The molecule has 2 heterocycles. The second kappa shape index (κ2) is 7.21. The molecule has 2 aromatic heterocycles. The van der Waals surface area contributed by atoms with Crippen LogP contribution in [0.4, 0.5) is 0 Å². The number of fused-ring (bicyclic) bond motifs is 1. The third kappa shape index (κ3) is 3.31. The molecule has 0 saturated carbocycles. The summed E-state index contributed by atoms with van der Waals surface area (Å²) in [5.41, 5.74) is 8.34. The summed E-state index contributed by atoms with van der Waals surface area (Å²) in [6.45, 7) is 0.552. The lowest BCUT2D eigenvalue weighted by Crippen LogP contribution is -2.31. The fourth-order valence-electron chi connectivity index (χ4n) is 2.74. The minimum absolute atomic E-state index is 0. The third-order valence-electron chi connectivity index (χ3n) is 3.82. The SMILES string of the molecule is Cl.Cn1ncc2c1CCCC2NC(=O)c1csc(CCN)n1. The van der Waals surface area contributed by atoms with Gasteiger partial charge in [0.15, 0.2) is 0 Å². The number of rotatable bonds is 4. The predicted molar refractivity (Wildman–Crippen MR) is 88.5 cm³/mol. The van der Waals surface area contributed by atoms with Gasteiger partial charge >= 0.3 is 0 Å². The molecule has 3 rings (SSSR count). The van der Waals surface area contributed by atoms with Crippen LogP contribution in [0.5, 0.6) is 0 Å². The van der Waals surface area contributed by atoms with Gasteiger partial charge in [-0.3, -0.25) is 9.48 Å². The summed E-state index contributed by atoms with van der Waals surface area (Å²) in [6, 6.07) is 0.0367. The van der Waals surface area contributed by atoms with Gasteiger partial charge in [0.25, 0.3) is 5.91 Å². The van der Waals surface area contributed by atoms with Crippen molar-refractivity contribution >= 4 is 29.7 Å². The molecular formula is C14H20ClN5OS. The van der Waals surface area contributed by atoms with Crippen molar-refractivity contribution in [3.05, 3.63) is 33.5 Å². The second-order valence-electron chi connectivity index (χ2n) is 5.25. The molecule has 0 radical (unpaired) electrons. The number of halogens is 1. The molecule has 8 heteroatoms. The number of hydrogen-bond acceptors (Lipinski definition) is 5. The van der Waals surface area contributed by atoms with Gasteiger partial charge in [-0.2, -0.15) is 5.10 Å². The van der Waals surface area contributed by atoms with Gasteiger partial charge in [-0.1, -0.05) is 0 Å². The molecule has 3 N–H and O–H groups in total. The van der Waals surface area contributed by atoms with E-state index in [0.29, 0.717) is 18.7 Å². The molecule has 1 unspecified atom stereocenters. The van der Waals surface area contributed by atoms with Crippen molar-refractivity contribution in [3.8, 4) is 0 Å². The maximum atomic E-state index is 12.3. The lowest BCUT2D eigenvalue weighted by molar-refractivity contribution is 0.0928. The summed E-state index contributed by atoms with van der Waals surface area (Å²) in [5.74, 6) is -0.115. The monoisotopic (exact) mass is 341 g/mol. The highest BCUT2D eigenvalue weighted by molar-refractivity contribution is 7.09. The van der Waals surface area contributed by atoms with Crippen LogP contribution in [-0.2, 0) is 19.9 Å². The Morgan fingerprint density at radius 1 is 1.59 bits per heavy atom. The van der Waals surface area contributed by atoms with Crippen LogP contribution in [0, 0.1) is 0 Å². The van der Waals surface area contributed by atoms with E-state index in [2.05, 4.69) is 15.4 Å². The number of carbonyl (C=O) groups is 1. The number of nitrogens with two attached hydrogens (primary N) is 1. The standard InChI is InChI=1S/C14H19N5OS.ClH/c1-19-12-4-2-3-10(9(12)7-16-19)18-14(20)11-8-21-13(17-11)5-6-15;/h7-8,10H,2-6,15H2,1H3,(H,18,20);1H. The van der Waals surface area contributed by atoms with E-state index in [1.807, 2.05) is 17.9 Å². The average Bonchev–Trinajstić information content (AvgIpc) is 3.08. The van der Waals surface area contributed by atoms with Gasteiger partial charge in [-0.25, -0.2) is 4.98 Å². The molecule has 0 spiro atoms. The first-order chi connectivity index (χ1) is 10.2. The largest absolute Gasteiger partial charge is 0.344 e. The van der Waals surface area contributed by atoms with E-state index in [1.165, 1.54) is 17.0 Å². The van der Waals surface area contributed by atoms with Crippen LogP contribution in [0.25, 0.3) is 0 Å². The summed E-state index contributed by atoms with van der Waals surface area (Å²) in [5, 5.41) is 10.1. The van der Waals surface area contributed by atoms with E-state index in [0.717, 1.165) is 29.8 Å². The van der Waals surface area contributed by atoms with Crippen LogP contribution in [0.3, 0.4) is 0 Å². The van der Waals surface area contributed by atoms with Crippen LogP contribution in [0.2, 0.25) is 0 Å². The zero-order valence-electron chi connectivity index (χ0n) is 12.4. The lowest BCUT2D eigenvalue weighted by atomic mass is 9.93. The molecule has 6 nitrogen and oxygen atoms in total. The molecule has 22 heavy (non-hydrogen) atoms. The summed E-state index contributed by atoms with van der Waals surface area (Å²) < 4.78 is 1.90. The van der Waals surface area contributed by atoms with Crippen LogP contribution in [0.1, 0.15) is 45.6 Å². The first-order valence-electron chi connectivity index (χ1n) is 7.15. The van der Waals surface area contributed by atoms with Crippen LogP contribution in [-0.4, -0.2) is 27.2 Å². The number of amides is 1. The molecule has 120 valence electrons. The summed E-state index contributed by atoms with van der Waals surface area (Å²) >= 11 is 1.49. The van der Waals surface area contributed by atoms with Gasteiger partial charge in [0.2, 0.25) is 0 Å². The molecule has 1 atom stereocenters. The van der Waals surface area contributed by atoms with Gasteiger partial charge in [0, 0.05) is 30.1 Å². The van der Waals surface area contributed by atoms with Crippen LogP contribution >= 0.6 is 23.7 Å². The van der Waals surface area contributed by atoms with Crippen molar-refractivity contribution in [2.45, 2.75) is 31.7 Å². The van der Waals surface area contributed by atoms with Crippen molar-refractivity contribution in [2.75, 3.05) is 6.54 Å². The highest BCUT2D eigenvalue weighted by Crippen LogP contribution is 2.29. The Labute approximate surface area is 139 Å². The van der Waals surface area contributed by atoms with Gasteiger partial charge in [0.1, 0.15) is 5.69 Å². The summed E-state index contributed by atoms with van der Waals surface area (Å²) in [4.78, 5) is 16.7. The van der Waals surface area contributed by atoms with E-state index in [9.17, 15) is 4.79 Å². The van der Waals surface area contributed by atoms with E-state index in [4.69, 9.17) is 5.73 Å². The van der Waals surface area contributed by atoms with Crippen LogP contribution < -0.4 is 11.1 Å². The van der Waals surface area contributed by atoms with Gasteiger partial charge in [-0.05, 0) is 25.8 Å². The summed E-state index contributed by atoms with van der Waals surface area (Å²) in [7, 11) is 1.95. The quantitative estimate of drug-likeness (QED) is 0.884. The van der Waals surface area contributed by atoms with Gasteiger partial charge in [-0.15, -0.1) is 23.7 Å². The molecule has 2 aromatic rings. The zero-order chi connectivity index (χ0) is 14.8. The Kier molecular flexibility index (Phi) is 5.55. The molecule has 0 fully saturated rings. The second-order valence-corrected chi connectivity index (χ2v) is 6.20. The molecule has 0 aliphatic heterocycles. The number of nitrogens with one attached hydrogen (secondary N) is 1. The molecule has 0 aromatic carbocycles. The van der Waals surface area contributed by atoms with Crippen molar-refractivity contribution in [1.82, 2.24) is 20.1 Å². The molecule has 0 saturated heterocycles. The Morgan fingerprint density at radius 3 is 3.18 bits per heavy atom. The first-order valence-corrected chi connectivity index (χ1v) is 8.03. The normalized spacial score (nSPS) is 16.7. The van der Waals surface area contributed by atoms with Gasteiger partial charge < -0.3 is 11.1 Å². The fraction of sp³-hybridized carbons (Fsp3) is 0.500. The smallest absolute Gasteiger partial charge is 0.271 e. The van der Waals surface area contributed by atoms with E-state index >= 15 is 0 Å². The molecular weight excluding hydrogens is 322 g/mol. The number of thiazole rings is 1. The number of aryl methyl sites for hydroxylation is 1. The number of hydrogen-bond donors (Lipinski definition) is 2. The minimum Gasteiger partial charge on any atom is -0.344 e. The summed E-state index contributed by atoms with van der Waals surface area (Å²) in [6.07, 6.45) is 5.61. The first kappa shape index (κ1) is 16.9. The van der Waals surface area contributed by atoms with Crippen molar-refractivity contribution in [3.63, 3.8) is 0 Å². The average molecular weight is 342 g/mol. The van der Waals surface area contributed by atoms with E-state index < -0.39 is 0 Å². The maximum absolute atomic E-state index is 12.3. The molecule has 0 bridgehead atoms. The third-order valence-corrected chi connectivity index (χ3v) is 4.73. The van der Waals surface area contributed by atoms with Crippen molar-refractivity contribution in [1.29, 1.82) is 0 Å². The van der Waals surface area contributed by atoms with E-state index in [1.54, 1.807) is 5.38 Å². The van der Waals surface area contributed by atoms with Crippen molar-refractivity contribution < 1.29 is 4.79 Å². The van der Waals surface area contributed by atoms with E-state index in [-0.39, 0.29) is 24.4 Å². The molecule has 1 aliphatic rings. The molecule has 1 aliphatic carbocycles. The topological polar surface area (TPSA) is 85.8 Å². The zero-order valence-corrected chi connectivity index (χ0v) is 14.0. The van der Waals surface area contributed by atoms with Crippen molar-refractivity contribution in [2.24, 2.45) is 12.8 Å². The maximum Gasteiger partial charge on any atom is 0.271 e. The Bertz CT molecular complexity index is 653. The Hall–Kier alpha value is -1.44. The fourth-order valence-corrected chi connectivity index (χ4v) is 3.54. The number of aromatic nitrogens is 3. The highest BCUT2D eigenvalue weighted by atomic mass is 35.5. The molecule has 1 amide bonds. The van der Waals surface area contributed by atoms with Crippen LogP contribution in [0.15, 0.2) is 11.6 Å². The lowest BCUT2D eigenvalue weighted by Gasteiger charge is -2.23. The Morgan fingerprint density at radius 2 is 2.41 bits per heavy atom. The number of nitrogens with zero attached hydrogens (tertiary/aromatic N) is 3.